The Morgan fingerprint density at radius 2 is 0.982 bits per heavy atom. The lowest BCUT2D eigenvalue weighted by Gasteiger charge is -2.37. The molecule has 5 rings (SSSR count). The quantitative estimate of drug-likeness (QED) is 0.0630. The van der Waals surface area contributed by atoms with E-state index in [4.69, 9.17) is 18.9 Å². The van der Waals surface area contributed by atoms with Crippen LogP contribution in [0.1, 0.15) is 147 Å². The van der Waals surface area contributed by atoms with E-state index in [-0.39, 0.29) is 35.7 Å². The summed E-state index contributed by atoms with van der Waals surface area (Å²) in [5, 5.41) is 0. The van der Waals surface area contributed by atoms with E-state index < -0.39 is 0 Å². The molecule has 0 spiro atoms. The molecule has 4 fully saturated rings. The minimum Gasteiger partial charge on any atom is -0.463 e. The Hall–Kier alpha value is -3.42. The molecule has 0 heterocycles. The molecule has 0 atom stereocenters. The van der Waals surface area contributed by atoms with Gasteiger partial charge in [-0.1, -0.05) is 58.3 Å². The molecule has 0 aliphatic heterocycles. The van der Waals surface area contributed by atoms with Crippen LogP contribution in [-0.2, 0) is 35.1 Å². The maximum Gasteiger partial charge on any atom is 0.330 e. The van der Waals surface area contributed by atoms with Gasteiger partial charge in [0.1, 0.15) is 0 Å². The van der Waals surface area contributed by atoms with Crippen molar-refractivity contribution in [1.29, 1.82) is 0 Å². The zero-order valence-corrected chi connectivity index (χ0v) is 33.7. The Bertz CT molecular complexity index is 1400. The highest BCUT2D eigenvalue weighted by Crippen LogP contribution is 2.44. The van der Waals surface area contributed by atoms with Gasteiger partial charge in [-0.25, -0.2) is 9.59 Å². The summed E-state index contributed by atoms with van der Waals surface area (Å²) in [6.45, 7) is 9.98. The van der Waals surface area contributed by atoms with Crippen LogP contribution in [0.5, 0.6) is 11.5 Å². The average Bonchev–Trinajstić information content (AvgIpc) is 3.22. The van der Waals surface area contributed by atoms with E-state index >= 15 is 0 Å². The number of aryl methyl sites for hydroxylation is 1. The van der Waals surface area contributed by atoms with Gasteiger partial charge in [0.05, 0.1) is 25.0 Å². The van der Waals surface area contributed by atoms with Crippen molar-refractivity contribution in [3.05, 3.63) is 49.1 Å². The molecule has 4 aliphatic rings. The van der Waals surface area contributed by atoms with Crippen molar-refractivity contribution in [2.75, 3.05) is 13.2 Å². The summed E-state index contributed by atoms with van der Waals surface area (Å²) >= 11 is 0. The summed E-state index contributed by atoms with van der Waals surface area (Å²) in [6.07, 6.45) is 25.9. The zero-order valence-electron chi connectivity index (χ0n) is 33.7. The van der Waals surface area contributed by atoms with Gasteiger partial charge in [-0.05, 0) is 162 Å². The Balaban J connectivity index is 1.03. The lowest BCUT2D eigenvalue weighted by molar-refractivity contribution is -0.143. The largest absolute Gasteiger partial charge is 0.463 e. The molecule has 8 heteroatoms. The number of ether oxygens (including phenoxy) is 4. The first kappa shape index (κ1) is 42.7. The number of hydrogen-bond acceptors (Lipinski definition) is 8. The summed E-state index contributed by atoms with van der Waals surface area (Å²) in [6, 6.07) is 5.71. The van der Waals surface area contributed by atoms with Crippen molar-refractivity contribution in [1.82, 2.24) is 0 Å². The highest BCUT2D eigenvalue weighted by atomic mass is 16.6. The summed E-state index contributed by atoms with van der Waals surface area (Å²) < 4.78 is 22.4. The van der Waals surface area contributed by atoms with E-state index in [1.807, 2.05) is 18.2 Å². The SMILES string of the molecule is C=CC(=O)OCCC[C@H]1CC[C@H](C2CCC(C(=O)Oc3ccc(CCC)cc3OC(=O)C3CCC([C@H]4CC[C@H](CCCOC(=O)C=C)CC4)CC3)CC2)CC1. The van der Waals surface area contributed by atoms with Crippen molar-refractivity contribution in [3.8, 4) is 11.5 Å². The van der Waals surface area contributed by atoms with Crippen molar-refractivity contribution in [2.24, 2.45) is 47.3 Å². The van der Waals surface area contributed by atoms with E-state index in [0.29, 0.717) is 48.4 Å². The Morgan fingerprint density at radius 1 is 0.582 bits per heavy atom. The molecule has 55 heavy (non-hydrogen) atoms. The van der Waals surface area contributed by atoms with E-state index in [0.717, 1.165) is 107 Å². The van der Waals surface area contributed by atoms with Crippen molar-refractivity contribution < 1.29 is 38.1 Å². The summed E-state index contributed by atoms with van der Waals surface area (Å²) in [7, 11) is 0. The number of carbonyl (C=O) groups excluding carboxylic acids is 4. The first-order valence-corrected chi connectivity index (χ1v) is 21.9. The molecule has 0 saturated heterocycles. The van der Waals surface area contributed by atoms with Gasteiger partial charge < -0.3 is 18.9 Å². The van der Waals surface area contributed by atoms with Crippen LogP contribution in [0.15, 0.2) is 43.5 Å². The van der Waals surface area contributed by atoms with Crippen LogP contribution in [-0.4, -0.2) is 37.1 Å². The Morgan fingerprint density at radius 3 is 1.38 bits per heavy atom. The molecular formula is C47H68O8. The number of esters is 4. The highest BCUT2D eigenvalue weighted by molar-refractivity contribution is 5.81. The molecule has 8 nitrogen and oxygen atoms in total. The van der Waals surface area contributed by atoms with Crippen LogP contribution in [0, 0.1) is 47.3 Å². The highest BCUT2D eigenvalue weighted by Gasteiger charge is 2.36. The molecular weight excluding hydrogens is 693 g/mol. The molecule has 0 bridgehead atoms. The summed E-state index contributed by atoms with van der Waals surface area (Å²) in [5.41, 5.74) is 1.08. The van der Waals surface area contributed by atoms with Crippen LogP contribution in [0.4, 0.5) is 0 Å². The van der Waals surface area contributed by atoms with Crippen LogP contribution in [0.3, 0.4) is 0 Å². The van der Waals surface area contributed by atoms with Gasteiger partial charge in [0.2, 0.25) is 0 Å². The third-order valence-electron chi connectivity index (χ3n) is 13.6. The molecule has 1 aromatic rings. The number of hydrogen-bond donors (Lipinski definition) is 0. The van der Waals surface area contributed by atoms with Crippen LogP contribution in [0.2, 0.25) is 0 Å². The molecule has 0 unspecified atom stereocenters. The number of rotatable bonds is 18. The average molecular weight is 761 g/mol. The number of carbonyl (C=O) groups is 4. The van der Waals surface area contributed by atoms with Gasteiger partial charge >= 0.3 is 23.9 Å². The monoisotopic (exact) mass is 760 g/mol. The molecule has 0 aromatic heterocycles. The standard InChI is InChI=1S/C47H68O8/c1-4-9-35-16-29-42(54-46(50)40-25-21-38(22-26-40)36-17-12-33(13-18-36)10-7-30-52-44(48)5-2)43(32-35)55-47(51)41-27-23-39(24-28-41)37-19-14-34(15-20-37)11-8-31-53-45(49)6-3/h5-6,16,29,32-34,36-41H,2-4,7-15,17-28,30-31H2,1H3/t33-,34-,36-,37-,38?,39?,40?,41?. The fourth-order valence-electron chi connectivity index (χ4n) is 10.3. The van der Waals surface area contributed by atoms with Gasteiger partial charge in [-0.2, -0.15) is 0 Å². The zero-order chi connectivity index (χ0) is 39.0. The molecule has 0 radical (unpaired) electrons. The topological polar surface area (TPSA) is 105 Å². The van der Waals surface area contributed by atoms with E-state index in [1.54, 1.807) is 0 Å². The Kier molecular flexibility index (Phi) is 17.4. The fourth-order valence-corrected chi connectivity index (χ4v) is 10.3. The lowest BCUT2D eigenvalue weighted by atomic mass is 9.68. The Labute approximate surface area is 330 Å². The van der Waals surface area contributed by atoms with Crippen molar-refractivity contribution in [3.63, 3.8) is 0 Å². The van der Waals surface area contributed by atoms with Gasteiger partial charge in [-0.15, -0.1) is 0 Å². The second-order valence-corrected chi connectivity index (χ2v) is 17.2. The van der Waals surface area contributed by atoms with Crippen LogP contribution < -0.4 is 9.47 Å². The minimum absolute atomic E-state index is 0.128. The van der Waals surface area contributed by atoms with Gasteiger partial charge in [-0.3, -0.25) is 9.59 Å². The minimum atomic E-state index is -0.342. The molecule has 1 aromatic carbocycles. The van der Waals surface area contributed by atoms with Crippen molar-refractivity contribution >= 4 is 23.9 Å². The first-order valence-electron chi connectivity index (χ1n) is 21.9. The molecule has 0 amide bonds. The van der Waals surface area contributed by atoms with Gasteiger partial charge in [0.25, 0.3) is 0 Å². The molecule has 304 valence electrons. The fraction of sp³-hybridized carbons (Fsp3) is 0.702. The molecule has 4 aliphatic carbocycles. The van der Waals surface area contributed by atoms with Crippen LogP contribution >= 0.6 is 0 Å². The predicted octanol–water partition coefficient (Wildman–Crippen LogP) is 10.7. The molecule has 0 N–H and O–H groups in total. The smallest absolute Gasteiger partial charge is 0.330 e. The third-order valence-corrected chi connectivity index (χ3v) is 13.6. The number of benzene rings is 1. The predicted molar refractivity (Wildman–Crippen MR) is 214 cm³/mol. The van der Waals surface area contributed by atoms with Crippen molar-refractivity contribution in [2.45, 2.75) is 148 Å². The third kappa shape index (κ3) is 13.3. The maximum atomic E-state index is 13.6. The van der Waals surface area contributed by atoms with E-state index in [9.17, 15) is 19.2 Å². The summed E-state index contributed by atoms with van der Waals surface area (Å²) in [5.74, 6) is 3.62. The van der Waals surface area contributed by atoms with E-state index in [2.05, 4.69) is 20.1 Å². The first-order chi connectivity index (χ1) is 26.8. The van der Waals surface area contributed by atoms with Gasteiger partial charge in [0.15, 0.2) is 11.5 Å². The second-order valence-electron chi connectivity index (χ2n) is 17.2. The van der Waals surface area contributed by atoms with Gasteiger partial charge in [0, 0.05) is 12.2 Å². The lowest BCUT2D eigenvalue weighted by Crippen LogP contribution is -2.31. The normalized spacial score (nSPS) is 28.3. The van der Waals surface area contributed by atoms with Crippen LogP contribution in [0.25, 0.3) is 0 Å². The van der Waals surface area contributed by atoms with E-state index in [1.165, 1.54) is 63.5 Å². The molecule has 4 saturated carbocycles. The maximum absolute atomic E-state index is 13.6. The summed E-state index contributed by atoms with van der Waals surface area (Å²) in [4.78, 5) is 49.6. The second kappa shape index (κ2) is 22.4.